The summed E-state index contributed by atoms with van der Waals surface area (Å²) < 4.78 is 19.9. The molecule has 208 valence electrons. The molecule has 2 unspecified atom stereocenters. The average molecular weight is 627 g/mol. The van der Waals surface area contributed by atoms with Crippen molar-refractivity contribution in [3.05, 3.63) is 93.2 Å². The number of carbonyl (C=O) groups excluding carboxylic acids is 2. The molecule has 6 nitrogen and oxygen atoms in total. The molecule has 2 aromatic heterocycles. The van der Waals surface area contributed by atoms with Crippen LogP contribution in [0.4, 0.5) is 4.39 Å². The second-order valence-electron chi connectivity index (χ2n) is 9.93. The van der Waals surface area contributed by atoms with Crippen LogP contribution >= 0.6 is 27.5 Å². The Hall–Kier alpha value is -3.36. The molecule has 0 aliphatic rings. The highest BCUT2D eigenvalue weighted by Gasteiger charge is 2.35. The summed E-state index contributed by atoms with van der Waals surface area (Å²) in [6.07, 6.45) is 0.277. The quantitative estimate of drug-likeness (QED) is 0.182. The van der Waals surface area contributed by atoms with E-state index in [-0.39, 0.29) is 25.3 Å². The number of hydrogen-bond donors (Lipinski definition) is 1. The Morgan fingerprint density at radius 1 is 1.15 bits per heavy atom. The van der Waals surface area contributed by atoms with E-state index >= 15 is 0 Å². The lowest BCUT2D eigenvalue weighted by Gasteiger charge is -2.29. The Bertz CT molecular complexity index is 1540. The number of alkyl halides is 1. The van der Waals surface area contributed by atoms with Gasteiger partial charge in [0.25, 0.3) is 5.91 Å². The number of rotatable bonds is 10. The smallest absolute Gasteiger partial charge is 0.309 e. The molecule has 0 saturated carbocycles. The molecule has 4 rings (SSSR count). The largest absolute Gasteiger partial charge is 0.431 e. The molecule has 0 aliphatic heterocycles. The van der Waals surface area contributed by atoms with Gasteiger partial charge < -0.3 is 10.1 Å². The van der Waals surface area contributed by atoms with Crippen molar-refractivity contribution in [2.75, 3.05) is 6.54 Å². The zero-order valence-electron chi connectivity index (χ0n) is 22.5. The van der Waals surface area contributed by atoms with Crippen molar-refractivity contribution in [1.82, 2.24) is 15.3 Å². The van der Waals surface area contributed by atoms with Gasteiger partial charge >= 0.3 is 5.97 Å². The lowest BCUT2D eigenvalue weighted by Crippen LogP contribution is -2.42. The van der Waals surface area contributed by atoms with E-state index in [0.29, 0.717) is 44.9 Å². The fraction of sp³-hybridized carbons (Fsp3) is 0.290. The average Bonchev–Trinajstić information content (AvgIpc) is 2.92. The van der Waals surface area contributed by atoms with Gasteiger partial charge in [0.1, 0.15) is 0 Å². The molecule has 0 radical (unpaired) electrons. The Morgan fingerprint density at radius 3 is 2.60 bits per heavy atom. The highest BCUT2D eigenvalue weighted by molar-refractivity contribution is 9.10. The molecule has 2 heterocycles. The fourth-order valence-corrected chi connectivity index (χ4v) is 5.42. The Balaban J connectivity index is 1.71. The van der Waals surface area contributed by atoms with E-state index in [1.165, 1.54) is 0 Å². The lowest BCUT2D eigenvalue weighted by molar-refractivity contribution is -0.159. The molecular weight excluding hydrogens is 597 g/mol. The van der Waals surface area contributed by atoms with Gasteiger partial charge in [-0.05, 0) is 49.2 Å². The maximum atomic E-state index is 14.1. The van der Waals surface area contributed by atoms with Gasteiger partial charge in [0.2, 0.25) is 6.36 Å². The number of benzene rings is 2. The molecule has 0 fully saturated rings. The van der Waals surface area contributed by atoms with Crippen LogP contribution in [0.3, 0.4) is 0 Å². The Labute approximate surface area is 246 Å². The van der Waals surface area contributed by atoms with Crippen molar-refractivity contribution >= 4 is 50.3 Å². The van der Waals surface area contributed by atoms with Crippen LogP contribution in [0.15, 0.2) is 71.3 Å². The summed E-state index contributed by atoms with van der Waals surface area (Å²) in [7, 11) is 0. The molecule has 4 aromatic rings. The van der Waals surface area contributed by atoms with Crippen LogP contribution in [-0.2, 0) is 14.9 Å². The van der Waals surface area contributed by atoms with Crippen LogP contribution in [-0.4, -0.2) is 34.7 Å². The maximum Gasteiger partial charge on any atom is 0.309 e. The van der Waals surface area contributed by atoms with Crippen LogP contribution in [0.2, 0.25) is 5.02 Å². The number of amides is 1. The first kappa shape index (κ1) is 29.6. The summed E-state index contributed by atoms with van der Waals surface area (Å²) >= 11 is 9.98. The molecule has 2 atom stereocenters. The summed E-state index contributed by atoms with van der Waals surface area (Å²) in [5.41, 5.74) is 2.77. The second kappa shape index (κ2) is 12.9. The molecule has 0 aliphatic carbocycles. The third-order valence-corrected chi connectivity index (χ3v) is 7.54. The molecule has 1 amide bonds. The highest BCUT2D eigenvalue weighted by Crippen LogP contribution is 2.34. The van der Waals surface area contributed by atoms with E-state index < -0.39 is 17.7 Å². The first-order valence-electron chi connectivity index (χ1n) is 13.0. The number of aromatic nitrogens is 2. The molecule has 2 aromatic carbocycles. The van der Waals surface area contributed by atoms with Crippen molar-refractivity contribution < 1.29 is 18.7 Å². The fourth-order valence-electron chi connectivity index (χ4n) is 4.71. The molecule has 40 heavy (non-hydrogen) atoms. The minimum Gasteiger partial charge on any atom is -0.431 e. The van der Waals surface area contributed by atoms with Gasteiger partial charge in [0, 0.05) is 40.0 Å². The van der Waals surface area contributed by atoms with E-state index in [1.807, 2.05) is 55.5 Å². The van der Waals surface area contributed by atoms with E-state index in [4.69, 9.17) is 21.3 Å². The maximum absolute atomic E-state index is 14.1. The molecular formula is C31H30BrClFN3O3. The van der Waals surface area contributed by atoms with E-state index in [0.717, 1.165) is 10.0 Å². The third-order valence-electron chi connectivity index (χ3n) is 6.74. The van der Waals surface area contributed by atoms with Gasteiger partial charge in [0.15, 0.2) is 0 Å². The normalized spacial score (nSPS) is 13.4. The van der Waals surface area contributed by atoms with Crippen LogP contribution in [0, 0.1) is 6.92 Å². The van der Waals surface area contributed by atoms with Gasteiger partial charge in [-0.3, -0.25) is 14.6 Å². The number of ether oxygens (including phenoxy) is 1. The number of fused-ring (bicyclic) bond motifs is 1. The van der Waals surface area contributed by atoms with Crippen molar-refractivity contribution in [2.24, 2.45) is 0 Å². The standard InChI is InChI=1S/C31H30BrClFN3O3/c1-4-9-25(34)40-26(38)17-31(3,29-23(33)12-8-15-35-29)18-36-30(39)27-19(2)28(20-10-6-5-7-11-20)37-24-14-13-21(32)16-22(24)27/h5-8,10-16,25H,4,9,17-18H2,1-3H3,(H,36,39). The van der Waals surface area contributed by atoms with Crippen molar-refractivity contribution in [1.29, 1.82) is 0 Å². The number of halogens is 3. The van der Waals surface area contributed by atoms with Crippen LogP contribution in [0.5, 0.6) is 0 Å². The Kier molecular flexibility index (Phi) is 9.53. The number of hydrogen-bond acceptors (Lipinski definition) is 5. The predicted octanol–water partition coefficient (Wildman–Crippen LogP) is 7.74. The zero-order valence-corrected chi connectivity index (χ0v) is 24.9. The van der Waals surface area contributed by atoms with Crippen molar-refractivity contribution in [3.8, 4) is 11.3 Å². The topological polar surface area (TPSA) is 81.2 Å². The monoisotopic (exact) mass is 625 g/mol. The van der Waals surface area contributed by atoms with Crippen molar-refractivity contribution in [3.63, 3.8) is 0 Å². The molecule has 1 N–H and O–H groups in total. The van der Waals surface area contributed by atoms with Gasteiger partial charge in [-0.2, -0.15) is 0 Å². The number of esters is 1. The Morgan fingerprint density at radius 2 is 1.90 bits per heavy atom. The van der Waals surface area contributed by atoms with Crippen LogP contribution in [0.1, 0.15) is 54.7 Å². The van der Waals surface area contributed by atoms with Gasteiger partial charge in [-0.25, -0.2) is 9.37 Å². The number of carbonyl (C=O) groups is 2. The van der Waals surface area contributed by atoms with Gasteiger partial charge in [-0.15, -0.1) is 0 Å². The molecule has 0 spiro atoms. The number of nitrogens with one attached hydrogen (secondary N) is 1. The van der Waals surface area contributed by atoms with E-state index in [9.17, 15) is 14.0 Å². The first-order valence-corrected chi connectivity index (χ1v) is 14.2. The van der Waals surface area contributed by atoms with Gasteiger partial charge in [-0.1, -0.05) is 71.7 Å². The summed E-state index contributed by atoms with van der Waals surface area (Å²) in [4.78, 5) is 35.9. The zero-order chi connectivity index (χ0) is 28.9. The number of nitrogens with zero attached hydrogens (tertiary/aromatic N) is 2. The van der Waals surface area contributed by atoms with E-state index in [1.54, 1.807) is 32.2 Å². The second-order valence-corrected chi connectivity index (χ2v) is 11.3. The third kappa shape index (κ3) is 6.67. The summed E-state index contributed by atoms with van der Waals surface area (Å²) in [5.74, 6) is -1.08. The highest BCUT2D eigenvalue weighted by atomic mass is 79.9. The molecule has 0 saturated heterocycles. The minimum atomic E-state index is -1.70. The van der Waals surface area contributed by atoms with E-state index in [2.05, 4.69) is 26.2 Å². The van der Waals surface area contributed by atoms with Crippen LogP contribution in [0.25, 0.3) is 22.2 Å². The first-order chi connectivity index (χ1) is 19.1. The van der Waals surface area contributed by atoms with Crippen molar-refractivity contribution in [2.45, 2.75) is 51.8 Å². The summed E-state index contributed by atoms with van der Waals surface area (Å²) in [5, 5.41) is 4.01. The minimum absolute atomic E-state index is 0.000324. The summed E-state index contributed by atoms with van der Waals surface area (Å²) in [6, 6.07) is 18.6. The van der Waals surface area contributed by atoms with Gasteiger partial charge in [0.05, 0.1) is 33.9 Å². The lowest BCUT2D eigenvalue weighted by atomic mass is 9.82. The molecule has 0 bridgehead atoms. The molecule has 9 heteroatoms. The number of pyridine rings is 2. The SMILES string of the molecule is CCCC(F)OC(=O)CC(C)(CNC(=O)c1c(C)c(-c2ccccc2)nc2ccc(Br)cc12)c1ncccc1Cl. The summed E-state index contributed by atoms with van der Waals surface area (Å²) in [6.45, 7) is 5.42. The predicted molar refractivity (Wildman–Crippen MR) is 159 cm³/mol. The van der Waals surface area contributed by atoms with Crippen LogP contribution < -0.4 is 5.32 Å².